The van der Waals surface area contributed by atoms with Gasteiger partial charge in [-0.05, 0) is 43.5 Å². The average Bonchev–Trinajstić information content (AvgIpc) is 3.12. The molecule has 6 heteroatoms. The van der Waals surface area contributed by atoms with E-state index in [0.29, 0.717) is 0 Å². The SMILES string of the molecule is CS(=O)(=O)N[C@H]1CCN(CCc2ccccc2)C[C@]12CCN(Cc1ccccc1)C2. The van der Waals surface area contributed by atoms with Crippen LogP contribution in [0.5, 0.6) is 0 Å². The van der Waals surface area contributed by atoms with E-state index in [9.17, 15) is 8.42 Å². The quantitative estimate of drug-likeness (QED) is 0.738. The second-order valence-corrected chi connectivity index (χ2v) is 10.8. The molecule has 2 atom stereocenters. The van der Waals surface area contributed by atoms with Gasteiger partial charge in [-0.1, -0.05) is 60.7 Å². The van der Waals surface area contributed by atoms with Crippen molar-refractivity contribution in [3.8, 4) is 0 Å². The topological polar surface area (TPSA) is 52.7 Å². The molecular weight excluding hydrogens is 394 g/mol. The lowest BCUT2D eigenvalue weighted by Crippen LogP contribution is -2.59. The van der Waals surface area contributed by atoms with Crippen LogP contribution in [0, 0.1) is 5.41 Å². The second-order valence-electron chi connectivity index (χ2n) is 9.05. The Hall–Kier alpha value is -1.73. The van der Waals surface area contributed by atoms with Crippen molar-refractivity contribution >= 4 is 10.0 Å². The third kappa shape index (κ3) is 5.49. The van der Waals surface area contributed by atoms with Crippen LogP contribution < -0.4 is 4.72 Å². The Labute approximate surface area is 181 Å². The molecule has 1 N–H and O–H groups in total. The van der Waals surface area contributed by atoms with Gasteiger partial charge >= 0.3 is 0 Å². The van der Waals surface area contributed by atoms with Gasteiger partial charge in [0, 0.05) is 37.6 Å². The Bertz CT molecular complexity index is 920. The fourth-order valence-electron chi connectivity index (χ4n) is 5.19. The van der Waals surface area contributed by atoms with Crippen molar-refractivity contribution < 1.29 is 8.42 Å². The minimum absolute atomic E-state index is 0.0150. The lowest BCUT2D eigenvalue weighted by atomic mass is 9.75. The summed E-state index contributed by atoms with van der Waals surface area (Å²) < 4.78 is 27.1. The van der Waals surface area contributed by atoms with Gasteiger partial charge in [-0.2, -0.15) is 0 Å². The highest BCUT2D eigenvalue weighted by Crippen LogP contribution is 2.40. The molecule has 2 fully saturated rings. The van der Waals surface area contributed by atoms with Crippen LogP contribution in [0.2, 0.25) is 0 Å². The zero-order chi connectivity index (χ0) is 21.0. The highest BCUT2D eigenvalue weighted by Gasteiger charge is 2.48. The fourth-order valence-corrected chi connectivity index (χ4v) is 6.08. The molecule has 2 saturated heterocycles. The summed E-state index contributed by atoms with van der Waals surface area (Å²) in [4.78, 5) is 5.03. The highest BCUT2D eigenvalue weighted by molar-refractivity contribution is 7.88. The molecule has 2 aliphatic rings. The van der Waals surface area contributed by atoms with E-state index in [4.69, 9.17) is 0 Å². The fraction of sp³-hybridized carbons (Fsp3) is 0.500. The van der Waals surface area contributed by atoms with E-state index in [1.54, 1.807) is 0 Å². The summed E-state index contributed by atoms with van der Waals surface area (Å²) >= 11 is 0. The van der Waals surface area contributed by atoms with Crippen LogP contribution in [0.15, 0.2) is 60.7 Å². The highest BCUT2D eigenvalue weighted by atomic mass is 32.2. The lowest BCUT2D eigenvalue weighted by molar-refractivity contribution is 0.0648. The molecule has 0 saturated carbocycles. The van der Waals surface area contributed by atoms with Gasteiger partial charge in [0.05, 0.1) is 6.26 Å². The number of likely N-dealkylation sites (tertiary alicyclic amines) is 2. The molecule has 2 aromatic carbocycles. The van der Waals surface area contributed by atoms with Crippen LogP contribution >= 0.6 is 0 Å². The van der Waals surface area contributed by atoms with Gasteiger partial charge in [-0.25, -0.2) is 13.1 Å². The Balaban J connectivity index is 1.45. The van der Waals surface area contributed by atoms with Crippen molar-refractivity contribution in [1.82, 2.24) is 14.5 Å². The number of rotatable bonds is 7. The maximum atomic E-state index is 12.1. The summed E-state index contributed by atoms with van der Waals surface area (Å²) in [5.74, 6) is 0. The number of piperidine rings is 1. The van der Waals surface area contributed by atoms with Crippen molar-refractivity contribution in [1.29, 1.82) is 0 Å². The Morgan fingerprint density at radius 2 is 1.57 bits per heavy atom. The third-order valence-corrected chi connectivity index (χ3v) is 7.35. The minimum Gasteiger partial charge on any atom is -0.302 e. The van der Waals surface area contributed by atoms with Crippen molar-refractivity contribution in [3.05, 3.63) is 71.8 Å². The van der Waals surface area contributed by atoms with Crippen LogP contribution in [0.4, 0.5) is 0 Å². The van der Waals surface area contributed by atoms with Crippen molar-refractivity contribution in [3.63, 3.8) is 0 Å². The summed E-state index contributed by atoms with van der Waals surface area (Å²) in [6.07, 6.45) is 4.24. The number of nitrogens with one attached hydrogen (secondary N) is 1. The van der Waals surface area contributed by atoms with Gasteiger partial charge in [0.15, 0.2) is 0 Å². The zero-order valence-corrected chi connectivity index (χ0v) is 18.7. The third-order valence-electron chi connectivity index (χ3n) is 6.64. The van der Waals surface area contributed by atoms with Gasteiger partial charge in [0.25, 0.3) is 0 Å². The molecule has 0 bridgehead atoms. The number of hydrogen-bond donors (Lipinski definition) is 1. The molecule has 2 heterocycles. The van der Waals surface area contributed by atoms with Gasteiger partial charge < -0.3 is 4.90 Å². The number of sulfonamides is 1. The molecule has 0 aromatic heterocycles. The van der Waals surface area contributed by atoms with E-state index in [-0.39, 0.29) is 11.5 Å². The van der Waals surface area contributed by atoms with Crippen LogP contribution in [0.25, 0.3) is 0 Å². The van der Waals surface area contributed by atoms with Gasteiger partial charge in [0.1, 0.15) is 0 Å². The summed E-state index contributed by atoms with van der Waals surface area (Å²) in [5, 5.41) is 0. The molecule has 0 unspecified atom stereocenters. The molecule has 2 aliphatic heterocycles. The summed E-state index contributed by atoms with van der Waals surface area (Å²) in [5.41, 5.74) is 2.66. The number of hydrogen-bond acceptors (Lipinski definition) is 4. The first-order valence-corrected chi connectivity index (χ1v) is 12.8. The number of nitrogens with zero attached hydrogens (tertiary/aromatic N) is 2. The summed E-state index contributed by atoms with van der Waals surface area (Å²) in [6, 6.07) is 21.2. The minimum atomic E-state index is -3.22. The first-order chi connectivity index (χ1) is 14.4. The van der Waals surface area contributed by atoms with Gasteiger partial charge in [0.2, 0.25) is 10.0 Å². The Morgan fingerprint density at radius 3 is 2.23 bits per heavy atom. The molecule has 2 aromatic rings. The normalized spacial score (nSPS) is 25.7. The van der Waals surface area contributed by atoms with Crippen LogP contribution in [0.3, 0.4) is 0 Å². The lowest BCUT2D eigenvalue weighted by Gasteiger charge is -2.46. The molecule has 0 radical (unpaired) electrons. The predicted molar refractivity (Wildman–Crippen MR) is 122 cm³/mol. The first kappa shape index (κ1) is 21.5. The van der Waals surface area contributed by atoms with Crippen LogP contribution in [-0.4, -0.2) is 63.2 Å². The van der Waals surface area contributed by atoms with Gasteiger partial charge in [-0.15, -0.1) is 0 Å². The standard InChI is InChI=1S/C24H33N3O2S/c1-30(28,29)25-23-13-16-26(15-12-21-8-4-2-5-9-21)19-24(23)14-17-27(20-24)18-22-10-6-3-7-11-22/h2-11,23,25H,12-20H2,1H3/t23-,24-/m0/s1. The van der Waals surface area contributed by atoms with Crippen molar-refractivity contribution in [2.75, 3.05) is 39.0 Å². The maximum Gasteiger partial charge on any atom is 0.208 e. The zero-order valence-electron chi connectivity index (χ0n) is 17.8. The van der Waals surface area contributed by atoms with Crippen molar-refractivity contribution in [2.24, 2.45) is 5.41 Å². The van der Waals surface area contributed by atoms with E-state index < -0.39 is 10.0 Å². The first-order valence-electron chi connectivity index (χ1n) is 10.9. The van der Waals surface area contributed by atoms with Gasteiger partial charge in [-0.3, -0.25) is 4.90 Å². The molecular formula is C24H33N3O2S. The molecule has 5 nitrogen and oxygen atoms in total. The second kappa shape index (κ2) is 9.18. The van der Waals surface area contributed by atoms with E-state index in [0.717, 1.165) is 58.5 Å². The number of benzene rings is 2. The van der Waals surface area contributed by atoms with E-state index in [2.05, 4.69) is 69.1 Å². The van der Waals surface area contributed by atoms with Crippen LogP contribution in [-0.2, 0) is 23.0 Å². The van der Waals surface area contributed by atoms with Crippen molar-refractivity contribution in [2.45, 2.75) is 31.8 Å². The Morgan fingerprint density at radius 1 is 0.933 bits per heavy atom. The molecule has 162 valence electrons. The largest absolute Gasteiger partial charge is 0.302 e. The predicted octanol–water partition coefficient (Wildman–Crippen LogP) is 2.74. The monoisotopic (exact) mass is 427 g/mol. The van der Waals surface area contributed by atoms with E-state index >= 15 is 0 Å². The Kier molecular flexibility index (Phi) is 6.58. The van der Waals surface area contributed by atoms with Crippen LogP contribution in [0.1, 0.15) is 24.0 Å². The summed E-state index contributed by atoms with van der Waals surface area (Å²) in [7, 11) is -3.22. The van der Waals surface area contributed by atoms with E-state index in [1.165, 1.54) is 17.4 Å². The average molecular weight is 428 g/mol. The molecule has 1 spiro atoms. The molecule has 0 aliphatic carbocycles. The summed E-state index contributed by atoms with van der Waals surface area (Å²) in [6.45, 7) is 5.81. The molecule has 4 rings (SSSR count). The van der Waals surface area contributed by atoms with E-state index in [1.807, 2.05) is 6.07 Å². The maximum absolute atomic E-state index is 12.1. The molecule has 0 amide bonds. The molecule has 30 heavy (non-hydrogen) atoms. The smallest absolute Gasteiger partial charge is 0.208 e.